The summed E-state index contributed by atoms with van der Waals surface area (Å²) in [6.07, 6.45) is 1.63. The van der Waals surface area contributed by atoms with Crippen LogP contribution in [-0.2, 0) is 9.59 Å². The first-order valence-corrected chi connectivity index (χ1v) is 8.31. The minimum Gasteiger partial charge on any atom is -0.486 e. The van der Waals surface area contributed by atoms with Crippen LogP contribution in [0.2, 0.25) is 5.02 Å². The van der Waals surface area contributed by atoms with Crippen molar-refractivity contribution in [1.82, 2.24) is 4.90 Å². The maximum Gasteiger partial charge on any atom is 0.238 e. The summed E-state index contributed by atoms with van der Waals surface area (Å²) in [6.45, 7) is 2.41. The summed E-state index contributed by atoms with van der Waals surface area (Å²) >= 11 is 6.19. The van der Waals surface area contributed by atoms with Crippen molar-refractivity contribution >= 4 is 29.1 Å². The predicted octanol–water partition coefficient (Wildman–Crippen LogP) is 1.25. The Hall–Kier alpha value is -1.99. The fraction of sp³-hybridized carbons (Fsp3) is 0.500. The molecule has 2 heterocycles. The lowest BCUT2D eigenvalue weighted by atomic mass is 9.97. The van der Waals surface area contributed by atoms with Crippen molar-refractivity contribution in [3.63, 3.8) is 0 Å². The molecule has 2 aliphatic heterocycles. The Morgan fingerprint density at radius 3 is 2.71 bits per heavy atom. The first-order chi connectivity index (χ1) is 11.5. The van der Waals surface area contributed by atoms with Crippen molar-refractivity contribution in [2.75, 3.05) is 38.2 Å². The topological polar surface area (TPSA) is 93.9 Å². The van der Waals surface area contributed by atoms with Gasteiger partial charge in [0.15, 0.2) is 11.5 Å². The molecule has 2 aliphatic rings. The van der Waals surface area contributed by atoms with E-state index in [1.54, 1.807) is 12.1 Å². The van der Waals surface area contributed by atoms with Crippen LogP contribution < -0.4 is 20.5 Å². The highest BCUT2D eigenvalue weighted by Gasteiger charge is 2.25. The minimum absolute atomic E-state index is 0.189. The van der Waals surface area contributed by atoms with E-state index in [2.05, 4.69) is 5.32 Å². The summed E-state index contributed by atoms with van der Waals surface area (Å²) in [5.41, 5.74) is 5.84. The normalized spacial score (nSPS) is 20.5. The lowest BCUT2D eigenvalue weighted by Crippen LogP contribution is -2.44. The van der Waals surface area contributed by atoms with Crippen molar-refractivity contribution in [3.8, 4) is 11.5 Å². The van der Waals surface area contributed by atoms with Crippen molar-refractivity contribution in [2.45, 2.75) is 12.8 Å². The smallest absolute Gasteiger partial charge is 0.238 e. The molecule has 1 aromatic rings. The predicted molar refractivity (Wildman–Crippen MR) is 89.4 cm³/mol. The van der Waals surface area contributed by atoms with E-state index in [4.69, 9.17) is 26.8 Å². The average molecular weight is 354 g/mol. The Balaban J connectivity index is 1.61. The van der Waals surface area contributed by atoms with Crippen molar-refractivity contribution in [3.05, 3.63) is 17.2 Å². The molecule has 0 spiro atoms. The number of ether oxygens (including phenoxy) is 2. The molecule has 3 N–H and O–H groups in total. The van der Waals surface area contributed by atoms with Gasteiger partial charge in [-0.25, -0.2) is 0 Å². The van der Waals surface area contributed by atoms with Crippen LogP contribution in [0.15, 0.2) is 12.1 Å². The number of nitrogens with zero attached hydrogens (tertiary/aromatic N) is 1. The zero-order valence-corrected chi connectivity index (χ0v) is 14.0. The van der Waals surface area contributed by atoms with Gasteiger partial charge in [0.2, 0.25) is 11.8 Å². The number of carbonyl (C=O) groups is 2. The zero-order valence-electron chi connectivity index (χ0n) is 13.2. The molecule has 0 aromatic heterocycles. The number of halogens is 1. The number of anilines is 1. The van der Waals surface area contributed by atoms with Gasteiger partial charge in [-0.2, -0.15) is 0 Å². The van der Waals surface area contributed by atoms with Gasteiger partial charge in [0.05, 0.1) is 23.2 Å². The summed E-state index contributed by atoms with van der Waals surface area (Å²) in [6, 6.07) is 3.30. The van der Waals surface area contributed by atoms with Crippen LogP contribution in [0.25, 0.3) is 0 Å². The quantitative estimate of drug-likeness (QED) is 0.849. The van der Waals surface area contributed by atoms with Crippen molar-refractivity contribution in [2.24, 2.45) is 11.7 Å². The van der Waals surface area contributed by atoms with E-state index in [1.807, 2.05) is 4.90 Å². The van der Waals surface area contributed by atoms with E-state index < -0.39 is 0 Å². The Kier molecular flexibility index (Phi) is 5.11. The number of benzene rings is 1. The van der Waals surface area contributed by atoms with Gasteiger partial charge in [0.25, 0.3) is 0 Å². The number of nitrogens with two attached hydrogens (primary N) is 1. The second-order valence-corrected chi connectivity index (χ2v) is 6.41. The number of piperidine rings is 1. The lowest BCUT2D eigenvalue weighted by molar-refractivity contribution is -0.125. The monoisotopic (exact) mass is 353 g/mol. The molecule has 0 saturated carbocycles. The first kappa shape index (κ1) is 16.9. The Morgan fingerprint density at radius 2 is 2.00 bits per heavy atom. The zero-order chi connectivity index (χ0) is 17.1. The van der Waals surface area contributed by atoms with Gasteiger partial charge in [-0.3, -0.25) is 14.5 Å². The maximum atomic E-state index is 12.3. The van der Waals surface area contributed by atoms with E-state index in [1.165, 1.54) is 0 Å². The average Bonchev–Trinajstić information content (AvgIpc) is 2.55. The molecule has 1 atom stereocenters. The minimum atomic E-state index is -0.310. The fourth-order valence-electron chi connectivity index (χ4n) is 2.98. The molecule has 8 heteroatoms. The molecule has 7 nitrogen and oxygen atoms in total. The number of carbonyl (C=O) groups excluding carboxylic acids is 2. The molecule has 3 rings (SSSR count). The molecule has 0 bridgehead atoms. The molecule has 1 saturated heterocycles. The third-order valence-electron chi connectivity index (χ3n) is 4.18. The summed E-state index contributed by atoms with van der Waals surface area (Å²) in [7, 11) is 0. The second kappa shape index (κ2) is 7.27. The van der Waals surface area contributed by atoms with Gasteiger partial charge in [-0.15, -0.1) is 0 Å². The number of amides is 2. The lowest BCUT2D eigenvalue weighted by Gasteiger charge is -2.30. The number of likely N-dealkylation sites (tertiary alicyclic amines) is 1. The van der Waals surface area contributed by atoms with Gasteiger partial charge < -0.3 is 20.5 Å². The molecule has 1 fully saturated rings. The molecular formula is C16H20ClN3O4. The molecule has 130 valence electrons. The summed E-state index contributed by atoms with van der Waals surface area (Å²) in [5, 5.41) is 3.18. The van der Waals surface area contributed by atoms with Crippen LogP contribution in [0.3, 0.4) is 0 Å². The standard InChI is InChI=1S/C16H20ClN3O4/c17-11-6-13-14(24-5-4-23-13)7-12(11)19-15(21)9-20-3-1-2-10(8-20)16(18)22/h6-7,10H,1-5,8-9H2,(H2,18,22)(H,19,21)/t10-/m0/s1. The van der Waals surface area contributed by atoms with E-state index >= 15 is 0 Å². The van der Waals surface area contributed by atoms with Crippen LogP contribution in [0, 0.1) is 5.92 Å². The van der Waals surface area contributed by atoms with Crippen LogP contribution in [-0.4, -0.2) is 49.6 Å². The van der Waals surface area contributed by atoms with Crippen LogP contribution >= 0.6 is 11.6 Å². The molecule has 0 aliphatic carbocycles. The second-order valence-electron chi connectivity index (χ2n) is 6.00. The summed E-state index contributed by atoms with van der Waals surface area (Å²) in [4.78, 5) is 25.5. The molecule has 0 unspecified atom stereocenters. The van der Waals surface area contributed by atoms with E-state index in [9.17, 15) is 9.59 Å². The number of nitrogens with one attached hydrogen (secondary N) is 1. The molecule has 24 heavy (non-hydrogen) atoms. The van der Waals surface area contributed by atoms with Crippen molar-refractivity contribution < 1.29 is 19.1 Å². The Bertz CT molecular complexity index is 652. The summed E-state index contributed by atoms with van der Waals surface area (Å²) in [5.74, 6) is 0.440. The number of fused-ring (bicyclic) bond motifs is 1. The highest BCUT2D eigenvalue weighted by molar-refractivity contribution is 6.34. The third kappa shape index (κ3) is 3.91. The number of hydrogen-bond acceptors (Lipinski definition) is 5. The fourth-order valence-corrected chi connectivity index (χ4v) is 3.18. The first-order valence-electron chi connectivity index (χ1n) is 7.93. The number of primary amides is 1. The largest absolute Gasteiger partial charge is 0.486 e. The Morgan fingerprint density at radius 1 is 1.29 bits per heavy atom. The van der Waals surface area contributed by atoms with Gasteiger partial charge in [-0.05, 0) is 19.4 Å². The van der Waals surface area contributed by atoms with Gasteiger partial charge in [0, 0.05) is 18.7 Å². The number of rotatable bonds is 4. The summed E-state index contributed by atoms with van der Waals surface area (Å²) < 4.78 is 10.9. The van der Waals surface area contributed by atoms with Crippen LogP contribution in [0.5, 0.6) is 11.5 Å². The molecular weight excluding hydrogens is 334 g/mol. The maximum absolute atomic E-state index is 12.3. The number of hydrogen-bond donors (Lipinski definition) is 2. The highest BCUT2D eigenvalue weighted by Crippen LogP contribution is 2.37. The Labute approximate surface area is 145 Å². The molecule has 0 radical (unpaired) electrons. The molecule has 1 aromatic carbocycles. The van der Waals surface area contributed by atoms with Crippen LogP contribution in [0.1, 0.15) is 12.8 Å². The SMILES string of the molecule is NC(=O)[C@H]1CCCN(CC(=O)Nc2cc3c(cc2Cl)OCCO3)C1. The highest BCUT2D eigenvalue weighted by atomic mass is 35.5. The van der Waals surface area contributed by atoms with Gasteiger partial charge >= 0.3 is 0 Å². The van der Waals surface area contributed by atoms with Crippen molar-refractivity contribution in [1.29, 1.82) is 0 Å². The van der Waals surface area contributed by atoms with E-state index in [0.717, 1.165) is 19.4 Å². The van der Waals surface area contributed by atoms with Gasteiger partial charge in [0.1, 0.15) is 13.2 Å². The third-order valence-corrected chi connectivity index (χ3v) is 4.49. The molecule has 2 amide bonds. The van der Waals surface area contributed by atoms with Crippen LogP contribution in [0.4, 0.5) is 5.69 Å². The van der Waals surface area contributed by atoms with Gasteiger partial charge in [-0.1, -0.05) is 11.6 Å². The van der Waals surface area contributed by atoms with E-state index in [0.29, 0.717) is 42.0 Å². The van der Waals surface area contributed by atoms with E-state index in [-0.39, 0.29) is 24.3 Å².